The number of aliphatic carboxylic acids is 1. The van der Waals surface area contributed by atoms with E-state index < -0.39 is 24.6 Å². The van der Waals surface area contributed by atoms with Gasteiger partial charge in [0, 0.05) is 6.04 Å². The maximum absolute atomic E-state index is 11.5. The molecular formula is C13H27N3O4. The number of carbonyl (C=O) groups is 2. The summed E-state index contributed by atoms with van der Waals surface area (Å²) in [5.41, 5.74) is 0. The number of carboxylic acid groups (broad SMARTS) is 1. The SMILES string of the molecule is CCN(CC)CCCC(C)NC(=O)NC(CO)C(=O)O. The number of carboxylic acids is 1. The van der Waals surface area contributed by atoms with E-state index in [1.165, 1.54) is 0 Å². The molecule has 0 bridgehead atoms. The lowest BCUT2D eigenvalue weighted by Crippen LogP contribution is -2.50. The summed E-state index contributed by atoms with van der Waals surface area (Å²) >= 11 is 0. The van der Waals surface area contributed by atoms with E-state index in [0.29, 0.717) is 0 Å². The fourth-order valence-corrected chi connectivity index (χ4v) is 1.84. The highest BCUT2D eigenvalue weighted by molar-refractivity contribution is 5.82. The van der Waals surface area contributed by atoms with Crippen molar-refractivity contribution in [1.82, 2.24) is 15.5 Å². The number of hydrogen-bond donors (Lipinski definition) is 4. The van der Waals surface area contributed by atoms with E-state index in [1.807, 2.05) is 6.92 Å². The van der Waals surface area contributed by atoms with Crippen molar-refractivity contribution < 1.29 is 19.8 Å². The molecule has 0 aliphatic heterocycles. The van der Waals surface area contributed by atoms with E-state index in [1.54, 1.807) is 0 Å². The first-order valence-electron chi connectivity index (χ1n) is 7.07. The number of rotatable bonds is 10. The van der Waals surface area contributed by atoms with Crippen LogP contribution in [0.1, 0.15) is 33.6 Å². The van der Waals surface area contributed by atoms with E-state index in [2.05, 4.69) is 29.4 Å². The van der Waals surface area contributed by atoms with Crippen LogP contribution in [0.4, 0.5) is 4.79 Å². The number of urea groups is 1. The lowest BCUT2D eigenvalue weighted by atomic mass is 10.2. The minimum Gasteiger partial charge on any atom is -0.480 e. The molecule has 7 heteroatoms. The molecule has 0 aromatic carbocycles. The summed E-state index contributed by atoms with van der Waals surface area (Å²) in [6, 6.07) is -1.88. The molecule has 0 spiro atoms. The molecule has 0 aromatic heterocycles. The van der Waals surface area contributed by atoms with Crippen molar-refractivity contribution in [2.24, 2.45) is 0 Å². The van der Waals surface area contributed by atoms with Gasteiger partial charge in [-0.3, -0.25) is 0 Å². The molecule has 0 aliphatic carbocycles. The Morgan fingerprint density at radius 3 is 2.25 bits per heavy atom. The predicted molar refractivity (Wildman–Crippen MR) is 76.7 cm³/mol. The van der Waals surface area contributed by atoms with Crippen LogP contribution in [0.15, 0.2) is 0 Å². The predicted octanol–water partition coefficient (Wildman–Crippen LogP) is 0.242. The van der Waals surface area contributed by atoms with Crippen LogP contribution in [0.2, 0.25) is 0 Å². The molecule has 0 aliphatic rings. The van der Waals surface area contributed by atoms with Crippen LogP contribution in [0, 0.1) is 0 Å². The third-order valence-corrected chi connectivity index (χ3v) is 3.17. The number of nitrogens with one attached hydrogen (secondary N) is 2. The Morgan fingerprint density at radius 2 is 1.80 bits per heavy atom. The molecular weight excluding hydrogens is 262 g/mol. The minimum atomic E-state index is -1.27. The Kier molecular flexibility index (Phi) is 9.75. The molecule has 2 unspecified atom stereocenters. The van der Waals surface area contributed by atoms with E-state index in [-0.39, 0.29) is 6.04 Å². The molecule has 0 radical (unpaired) electrons. The van der Waals surface area contributed by atoms with Gasteiger partial charge in [-0.05, 0) is 39.4 Å². The molecule has 4 N–H and O–H groups in total. The molecule has 0 saturated heterocycles. The van der Waals surface area contributed by atoms with Gasteiger partial charge in [0.15, 0.2) is 6.04 Å². The topological polar surface area (TPSA) is 102 Å². The van der Waals surface area contributed by atoms with Gasteiger partial charge in [0.05, 0.1) is 6.61 Å². The van der Waals surface area contributed by atoms with Crippen LogP contribution in [0.25, 0.3) is 0 Å². The number of aliphatic hydroxyl groups is 1. The molecule has 0 saturated carbocycles. The highest BCUT2D eigenvalue weighted by Gasteiger charge is 2.19. The Labute approximate surface area is 120 Å². The zero-order valence-corrected chi connectivity index (χ0v) is 12.6. The van der Waals surface area contributed by atoms with Crippen LogP contribution in [-0.2, 0) is 4.79 Å². The van der Waals surface area contributed by atoms with Crippen molar-refractivity contribution in [3.8, 4) is 0 Å². The number of hydrogen-bond acceptors (Lipinski definition) is 4. The quantitative estimate of drug-likeness (QED) is 0.461. The van der Waals surface area contributed by atoms with E-state index in [9.17, 15) is 9.59 Å². The van der Waals surface area contributed by atoms with Gasteiger partial charge in [-0.15, -0.1) is 0 Å². The largest absolute Gasteiger partial charge is 0.480 e. The lowest BCUT2D eigenvalue weighted by Gasteiger charge is -2.20. The van der Waals surface area contributed by atoms with E-state index in [4.69, 9.17) is 10.2 Å². The fourth-order valence-electron chi connectivity index (χ4n) is 1.84. The zero-order valence-electron chi connectivity index (χ0n) is 12.6. The molecule has 118 valence electrons. The van der Waals surface area contributed by atoms with Gasteiger partial charge >= 0.3 is 12.0 Å². The minimum absolute atomic E-state index is 0.0429. The summed E-state index contributed by atoms with van der Waals surface area (Å²) in [4.78, 5) is 24.5. The van der Waals surface area contributed by atoms with Gasteiger partial charge in [0.2, 0.25) is 0 Å². The molecule has 2 atom stereocenters. The van der Waals surface area contributed by atoms with Crippen LogP contribution in [0.5, 0.6) is 0 Å². The highest BCUT2D eigenvalue weighted by Crippen LogP contribution is 1.99. The van der Waals surface area contributed by atoms with Crippen molar-refractivity contribution in [2.45, 2.75) is 45.7 Å². The Balaban J connectivity index is 3.93. The molecule has 0 aromatic rings. The molecule has 7 nitrogen and oxygen atoms in total. The summed E-state index contributed by atoms with van der Waals surface area (Å²) in [5, 5.41) is 22.4. The first kappa shape index (κ1) is 18.7. The van der Waals surface area contributed by atoms with Crippen molar-refractivity contribution in [3.63, 3.8) is 0 Å². The molecule has 0 rings (SSSR count). The van der Waals surface area contributed by atoms with Gasteiger partial charge in [-0.1, -0.05) is 13.8 Å². The van der Waals surface area contributed by atoms with Crippen molar-refractivity contribution in [1.29, 1.82) is 0 Å². The van der Waals surface area contributed by atoms with Crippen LogP contribution < -0.4 is 10.6 Å². The van der Waals surface area contributed by atoms with Gasteiger partial charge in [0.25, 0.3) is 0 Å². The van der Waals surface area contributed by atoms with Crippen LogP contribution >= 0.6 is 0 Å². The van der Waals surface area contributed by atoms with Gasteiger partial charge in [-0.2, -0.15) is 0 Å². The molecule has 0 heterocycles. The van der Waals surface area contributed by atoms with Gasteiger partial charge in [-0.25, -0.2) is 9.59 Å². The summed E-state index contributed by atoms with van der Waals surface area (Å²) < 4.78 is 0. The summed E-state index contributed by atoms with van der Waals surface area (Å²) in [5.74, 6) is -1.25. The molecule has 20 heavy (non-hydrogen) atoms. The monoisotopic (exact) mass is 289 g/mol. The van der Waals surface area contributed by atoms with E-state index >= 15 is 0 Å². The Hall–Kier alpha value is -1.34. The van der Waals surface area contributed by atoms with Crippen molar-refractivity contribution in [2.75, 3.05) is 26.2 Å². The lowest BCUT2D eigenvalue weighted by molar-refractivity contribution is -0.140. The second-order valence-corrected chi connectivity index (χ2v) is 4.76. The van der Waals surface area contributed by atoms with Crippen LogP contribution in [0.3, 0.4) is 0 Å². The molecule has 2 amide bonds. The van der Waals surface area contributed by atoms with Crippen molar-refractivity contribution in [3.05, 3.63) is 0 Å². The second kappa shape index (κ2) is 10.4. The Bertz CT molecular complexity index is 295. The number of nitrogens with zero attached hydrogens (tertiary/aromatic N) is 1. The number of carbonyl (C=O) groups excluding carboxylic acids is 1. The normalized spacial score (nSPS) is 13.8. The number of amides is 2. The van der Waals surface area contributed by atoms with Gasteiger partial charge < -0.3 is 25.7 Å². The fraction of sp³-hybridized carbons (Fsp3) is 0.846. The summed E-state index contributed by atoms with van der Waals surface area (Å²) in [6.07, 6.45) is 1.78. The first-order chi connectivity index (χ1) is 9.44. The average molecular weight is 289 g/mol. The summed E-state index contributed by atoms with van der Waals surface area (Å²) in [7, 11) is 0. The maximum Gasteiger partial charge on any atom is 0.328 e. The van der Waals surface area contributed by atoms with Crippen molar-refractivity contribution >= 4 is 12.0 Å². The number of aliphatic hydroxyl groups excluding tert-OH is 1. The first-order valence-corrected chi connectivity index (χ1v) is 7.07. The second-order valence-electron chi connectivity index (χ2n) is 4.76. The average Bonchev–Trinajstić information content (AvgIpc) is 2.40. The maximum atomic E-state index is 11.5. The van der Waals surface area contributed by atoms with Crippen LogP contribution in [-0.4, -0.2) is 65.4 Å². The van der Waals surface area contributed by atoms with E-state index in [0.717, 1.165) is 32.5 Å². The highest BCUT2D eigenvalue weighted by atomic mass is 16.4. The summed E-state index contributed by atoms with van der Waals surface area (Å²) in [6.45, 7) is 8.47. The third-order valence-electron chi connectivity index (χ3n) is 3.17. The molecule has 0 fully saturated rings. The third kappa shape index (κ3) is 7.96. The zero-order chi connectivity index (χ0) is 15.5. The Morgan fingerprint density at radius 1 is 1.20 bits per heavy atom. The smallest absolute Gasteiger partial charge is 0.328 e. The van der Waals surface area contributed by atoms with Gasteiger partial charge in [0.1, 0.15) is 0 Å². The standard InChI is InChI=1S/C13H27N3O4/c1-4-16(5-2)8-6-7-10(3)14-13(20)15-11(9-17)12(18)19/h10-11,17H,4-9H2,1-3H3,(H,18,19)(H2,14,15,20).